The Morgan fingerprint density at radius 2 is 1.75 bits per heavy atom. The van der Waals surface area contributed by atoms with Crippen LogP contribution in [0.25, 0.3) is 28.0 Å². The minimum absolute atomic E-state index is 0.0857. The fourth-order valence-corrected chi connectivity index (χ4v) is 6.16. The Hall–Kier alpha value is -4.81. The molecule has 2 aromatic heterocycles. The maximum Gasteiger partial charge on any atom is 0.341 e. The molecular weight excluding hydrogens is 583 g/mol. The van der Waals surface area contributed by atoms with Crippen molar-refractivity contribution in [3.63, 3.8) is 0 Å². The van der Waals surface area contributed by atoms with Crippen LogP contribution in [0.15, 0.2) is 77.7 Å². The second-order valence-electron chi connectivity index (χ2n) is 11.2. The zero-order chi connectivity index (χ0) is 30.5. The van der Waals surface area contributed by atoms with E-state index in [9.17, 15) is 19.8 Å². The molecule has 1 aliphatic heterocycles. The van der Waals surface area contributed by atoms with Crippen LogP contribution in [0.2, 0.25) is 0 Å². The first-order chi connectivity index (χ1) is 21.3. The molecule has 1 saturated carbocycles. The molecule has 1 saturated heterocycles. The van der Waals surface area contributed by atoms with Crippen LogP contribution in [0.1, 0.15) is 29.2 Å². The highest BCUT2D eigenvalue weighted by molar-refractivity contribution is 7.71. The summed E-state index contributed by atoms with van der Waals surface area (Å²) in [5.41, 5.74) is 1.53. The molecule has 44 heavy (non-hydrogen) atoms. The van der Waals surface area contributed by atoms with Gasteiger partial charge in [0, 0.05) is 55.1 Å². The fourth-order valence-electron chi connectivity index (χ4n) is 5.87. The molecular formula is C32H29FN6O4S. The highest BCUT2D eigenvalue weighted by Crippen LogP contribution is 2.38. The molecule has 10 nitrogen and oxygen atoms in total. The summed E-state index contributed by atoms with van der Waals surface area (Å²) in [6, 6.07) is 19.6. The van der Waals surface area contributed by atoms with Crippen molar-refractivity contribution < 1.29 is 19.4 Å². The third kappa shape index (κ3) is 5.05. The lowest BCUT2D eigenvalue weighted by Crippen LogP contribution is -2.47. The largest absolute Gasteiger partial charge is 0.508 e. The Morgan fingerprint density at radius 1 is 1.00 bits per heavy atom. The predicted octanol–water partition coefficient (Wildman–Crippen LogP) is 5.04. The van der Waals surface area contributed by atoms with Crippen molar-refractivity contribution in [1.29, 1.82) is 0 Å². The summed E-state index contributed by atoms with van der Waals surface area (Å²) in [6.07, 6.45) is 3.17. The Bertz CT molecular complexity index is 2030. The third-order valence-corrected chi connectivity index (χ3v) is 8.67. The number of hydrogen-bond acceptors (Lipinski definition) is 7. The van der Waals surface area contributed by atoms with Gasteiger partial charge in [-0.15, -0.1) is 5.10 Å². The summed E-state index contributed by atoms with van der Waals surface area (Å²) in [4.78, 5) is 28.7. The molecule has 7 rings (SSSR count). The number of phenolic OH excluding ortho intramolecular Hbond substituents is 1. The summed E-state index contributed by atoms with van der Waals surface area (Å²) in [5, 5.41) is 24.6. The zero-order valence-electron chi connectivity index (χ0n) is 23.6. The Morgan fingerprint density at radius 3 is 2.43 bits per heavy atom. The van der Waals surface area contributed by atoms with Crippen LogP contribution in [-0.4, -0.2) is 66.2 Å². The number of nitrogens with zero attached hydrogens (tertiary/aromatic N) is 6. The van der Waals surface area contributed by atoms with Gasteiger partial charge in [0.2, 0.25) is 10.2 Å². The first-order valence-electron chi connectivity index (χ1n) is 14.4. The topological polar surface area (TPSA) is 109 Å². The smallest absolute Gasteiger partial charge is 0.341 e. The van der Waals surface area contributed by atoms with Crippen molar-refractivity contribution in [3.8, 4) is 22.8 Å². The van der Waals surface area contributed by atoms with Crippen LogP contribution < -0.4 is 10.3 Å². The molecule has 0 amide bonds. The van der Waals surface area contributed by atoms with Crippen molar-refractivity contribution in [2.45, 2.75) is 25.6 Å². The van der Waals surface area contributed by atoms with Crippen molar-refractivity contribution >= 4 is 34.8 Å². The summed E-state index contributed by atoms with van der Waals surface area (Å²) in [5.74, 6) is -1.11. The van der Waals surface area contributed by atoms with Crippen LogP contribution in [0.3, 0.4) is 0 Å². The molecule has 0 radical (unpaired) electrons. The lowest BCUT2D eigenvalue weighted by atomic mass is 10.1. The van der Waals surface area contributed by atoms with Gasteiger partial charge in [0.15, 0.2) is 5.82 Å². The van der Waals surface area contributed by atoms with Gasteiger partial charge in [-0.3, -0.25) is 14.3 Å². The molecule has 12 heteroatoms. The molecule has 2 N–H and O–H groups in total. The van der Waals surface area contributed by atoms with E-state index < -0.39 is 17.2 Å². The summed E-state index contributed by atoms with van der Waals surface area (Å²) < 4.78 is 21.4. The van der Waals surface area contributed by atoms with Gasteiger partial charge in [0.05, 0.1) is 17.9 Å². The third-order valence-electron chi connectivity index (χ3n) is 8.28. The van der Waals surface area contributed by atoms with Gasteiger partial charge < -0.3 is 19.7 Å². The van der Waals surface area contributed by atoms with E-state index in [1.54, 1.807) is 28.9 Å². The molecule has 0 spiro atoms. The van der Waals surface area contributed by atoms with Crippen molar-refractivity contribution in [1.82, 2.24) is 23.8 Å². The Balaban J connectivity index is 1.15. The zero-order valence-corrected chi connectivity index (χ0v) is 24.5. The molecule has 0 bridgehead atoms. The fraction of sp³-hybridized carbons (Fsp3) is 0.250. The number of hydrogen-bond donors (Lipinski definition) is 2. The number of aromatic nitrogens is 4. The number of para-hydroxylation sites is 1. The summed E-state index contributed by atoms with van der Waals surface area (Å²) >= 11 is 5.88. The summed E-state index contributed by atoms with van der Waals surface area (Å²) in [7, 11) is 0. The van der Waals surface area contributed by atoms with E-state index in [2.05, 4.69) is 4.90 Å². The van der Waals surface area contributed by atoms with E-state index in [0.29, 0.717) is 54.6 Å². The monoisotopic (exact) mass is 612 g/mol. The first kappa shape index (κ1) is 28.0. The van der Waals surface area contributed by atoms with E-state index in [-0.39, 0.29) is 22.7 Å². The standard InChI is InChI=1S/C32H29FN6O4S/c33-26-16-24-27(37(21-9-10-21)18-25(29(24)41)31(42)43)17-28(26)36-13-11-35(12-14-36)19-38-32(44)39(22-6-2-1-3-7-22)30(34-38)20-5-4-8-23(40)15-20/h1-8,15-18,21,40H,9-14,19H2,(H,42,43). The number of carboxylic acid groups (broad SMARTS) is 1. The molecule has 224 valence electrons. The minimum atomic E-state index is -1.31. The number of halogens is 1. The number of carbonyl (C=O) groups is 1. The van der Waals surface area contributed by atoms with E-state index in [1.165, 1.54) is 12.3 Å². The second kappa shape index (κ2) is 11.0. The molecule has 2 fully saturated rings. The molecule has 1 aliphatic carbocycles. The van der Waals surface area contributed by atoms with Gasteiger partial charge in [-0.05, 0) is 61.5 Å². The number of pyridine rings is 1. The molecule has 2 aliphatic rings. The molecule has 5 aromatic rings. The van der Waals surface area contributed by atoms with Gasteiger partial charge in [-0.25, -0.2) is 13.9 Å². The molecule has 0 atom stereocenters. The minimum Gasteiger partial charge on any atom is -0.508 e. The number of fused-ring (bicyclic) bond motifs is 1. The predicted molar refractivity (Wildman–Crippen MR) is 167 cm³/mol. The number of phenols is 1. The highest BCUT2D eigenvalue weighted by Gasteiger charge is 2.29. The lowest BCUT2D eigenvalue weighted by molar-refractivity contribution is 0.0695. The van der Waals surface area contributed by atoms with Gasteiger partial charge in [0.1, 0.15) is 17.1 Å². The number of anilines is 1. The average Bonchev–Trinajstić information content (AvgIpc) is 3.81. The lowest BCUT2D eigenvalue weighted by Gasteiger charge is -2.36. The van der Waals surface area contributed by atoms with Crippen molar-refractivity contribution in [2.75, 3.05) is 31.1 Å². The SMILES string of the molecule is O=C(O)c1cn(C2CC2)c2cc(N3CCN(Cn4nc(-c5cccc(O)c5)n(-c5ccccc5)c4=S)CC3)c(F)cc2c1=O. The second-order valence-corrected chi connectivity index (χ2v) is 11.6. The van der Waals surface area contributed by atoms with E-state index >= 15 is 4.39 Å². The van der Waals surface area contributed by atoms with E-state index in [4.69, 9.17) is 17.3 Å². The maximum absolute atomic E-state index is 15.5. The quantitative estimate of drug-likeness (QED) is 0.246. The van der Waals surface area contributed by atoms with Crippen LogP contribution in [0, 0.1) is 10.6 Å². The van der Waals surface area contributed by atoms with Crippen molar-refractivity contribution in [2.24, 2.45) is 0 Å². The molecule has 3 aromatic carbocycles. The van der Waals surface area contributed by atoms with Crippen molar-refractivity contribution in [3.05, 3.63) is 99.3 Å². The number of benzene rings is 3. The van der Waals surface area contributed by atoms with E-state index in [0.717, 1.165) is 24.1 Å². The van der Waals surface area contributed by atoms with Gasteiger partial charge in [-0.2, -0.15) is 0 Å². The van der Waals surface area contributed by atoms with Crippen LogP contribution in [-0.2, 0) is 6.67 Å². The van der Waals surface area contributed by atoms with Crippen LogP contribution in [0.4, 0.5) is 10.1 Å². The van der Waals surface area contributed by atoms with Gasteiger partial charge in [-0.1, -0.05) is 30.3 Å². The maximum atomic E-state index is 15.5. The average molecular weight is 613 g/mol. The normalized spacial score (nSPS) is 15.6. The number of rotatable bonds is 7. The highest BCUT2D eigenvalue weighted by atomic mass is 32.1. The Labute approximate surface area is 256 Å². The molecule has 0 unspecified atom stereocenters. The first-order valence-corrected chi connectivity index (χ1v) is 14.8. The summed E-state index contributed by atoms with van der Waals surface area (Å²) in [6.45, 7) is 2.74. The number of carboxylic acids is 1. The van der Waals surface area contributed by atoms with Gasteiger partial charge in [0.25, 0.3) is 0 Å². The van der Waals surface area contributed by atoms with E-state index in [1.807, 2.05) is 50.4 Å². The van der Waals surface area contributed by atoms with Crippen LogP contribution >= 0.6 is 12.2 Å². The Kier molecular flexibility index (Phi) is 7.02. The number of aromatic hydroxyl groups is 1. The number of aromatic carboxylic acids is 1. The molecule has 3 heterocycles. The van der Waals surface area contributed by atoms with Crippen LogP contribution in [0.5, 0.6) is 5.75 Å². The number of piperazine rings is 1. The van der Waals surface area contributed by atoms with Gasteiger partial charge >= 0.3 is 5.97 Å².